The van der Waals surface area contributed by atoms with Gasteiger partial charge in [0.15, 0.2) is 10.8 Å². The number of aromatic amines is 1. The molecule has 15 heteroatoms. The number of fused-ring (bicyclic) bond motifs is 1. The maximum Gasteiger partial charge on any atom is 0.352 e. The van der Waals surface area contributed by atoms with Crippen LogP contribution in [0.1, 0.15) is 12.6 Å². The Bertz CT molecular complexity index is 1140. The molecule has 0 spiro atoms. The zero-order valence-corrected chi connectivity index (χ0v) is 20.2. The number of carbonyl (C=O) groups excluding carboxylic acids is 3. The third kappa shape index (κ3) is 5.99. The minimum atomic E-state index is -1.32. The lowest BCUT2D eigenvalue weighted by Crippen LogP contribution is -2.71. The number of β-lactam (4-membered cyclic amide) rings is 1. The van der Waals surface area contributed by atoms with Crippen molar-refractivity contribution in [3.05, 3.63) is 46.9 Å². The molecule has 0 saturated carbocycles. The van der Waals surface area contributed by atoms with E-state index in [4.69, 9.17) is 10.5 Å². The number of rotatable bonds is 7. The Morgan fingerprint density at radius 3 is 2.60 bits per heavy atom. The van der Waals surface area contributed by atoms with Gasteiger partial charge >= 0.3 is 11.9 Å². The molecule has 2 amide bonds. The van der Waals surface area contributed by atoms with Crippen LogP contribution in [0.15, 0.2) is 46.3 Å². The number of H-pyrrole nitrogens is 1. The first-order valence-corrected chi connectivity index (χ1v) is 11.9. The number of oxime groups is 1. The monoisotopic (exact) mass is 522 g/mol. The van der Waals surface area contributed by atoms with Crippen LogP contribution in [0.5, 0.6) is 0 Å². The molecule has 5 N–H and O–H groups in total. The van der Waals surface area contributed by atoms with E-state index in [1.54, 1.807) is 0 Å². The average Bonchev–Trinajstić information content (AvgIpc) is 3.54. The molecule has 0 aliphatic carbocycles. The number of aromatic nitrogens is 2. The Hall–Kier alpha value is -3.85. The van der Waals surface area contributed by atoms with E-state index in [9.17, 15) is 24.3 Å². The van der Waals surface area contributed by atoms with Gasteiger partial charge in [-0.15, -0.1) is 23.1 Å². The van der Waals surface area contributed by atoms with Crippen molar-refractivity contribution in [2.75, 3.05) is 25.2 Å². The number of carboxylic acid groups (broad SMARTS) is 1. The van der Waals surface area contributed by atoms with Gasteiger partial charge in [0.1, 0.15) is 36.5 Å². The normalized spacial score (nSPS) is 19.1. The van der Waals surface area contributed by atoms with Gasteiger partial charge in [-0.25, -0.2) is 9.78 Å². The van der Waals surface area contributed by atoms with Crippen LogP contribution >= 0.6 is 23.1 Å². The number of hydrogen-bond acceptors (Lipinski definition) is 11. The SMILES string of the molecule is CO/N=C(\C(=O)N[C@@H]1C(=O)N2C(C(=O)O)=C(COC(C)=O)CS[C@H]12)c1csc(N)n1.c1cc[nH]c1. The number of carboxylic acids is 1. The first kappa shape index (κ1) is 25.8. The largest absolute Gasteiger partial charge is 0.477 e. The van der Waals surface area contributed by atoms with Gasteiger partial charge in [0.25, 0.3) is 11.8 Å². The van der Waals surface area contributed by atoms with Gasteiger partial charge in [-0.05, 0) is 12.1 Å². The second-order valence-electron chi connectivity index (χ2n) is 6.98. The van der Waals surface area contributed by atoms with E-state index in [2.05, 4.69) is 25.3 Å². The molecular weight excluding hydrogens is 500 g/mol. The van der Waals surface area contributed by atoms with Crippen LogP contribution in [0.4, 0.5) is 5.13 Å². The highest BCUT2D eigenvalue weighted by Crippen LogP contribution is 2.40. The topological polar surface area (TPSA) is 189 Å². The van der Waals surface area contributed by atoms with Crippen LogP contribution in [-0.2, 0) is 28.8 Å². The molecule has 1 saturated heterocycles. The van der Waals surface area contributed by atoms with Crippen molar-refractivity contribution < 1.29 is 33.9 Å². The van der Waals surface area contributed by atoms with Crippen LogP contribution in [0.3, 0.4) is 0 Å². The van der Waals surface area contributed by atoms with Crippen LogP contribution in [0.25, 0.3) is 0 Å². The highest BCUT2D eigenvalue weighted by atomic mass is 32.2. The van der Waals surface area contributed by atoms with Crippen molar-refractivity contribution in [1.82, 2.24) is 20.2 Å². The van der Waals surface area contributed by atoms with Crippen molar-refractivity contribution in [1.29, 1.82) is 0 Å². The predicted molar refractivity (Wildman–Crippen MR) is 127 cm³/mol. The molecule has 2 aliphatic heterocycles. The number of nitrogens with zero attached hydrogens (tertiary/aromatic N) is 3. The molecule has 0 radical (unpaired) electrons. The number of thiazole rings is 1. The van der Waals surface area contributed by atoms with E-state index in [1.807, 2.05) is 24.5 Å². The summed E-state index contributed by atoms with van der Waals surface area (Å²) in [6.45, 7) is 0.975. The van der Waals surface area contributed by atoms with Crippen molar-refractivity contribution >= 4 is 57.7 Å². The number of esters is 1. The maximum atomic E-state index is 12.7. The fourth-order valence-corrected chi connectivity index (χ4v) is 5.04. The highest BCUT2D eigenvalue weighted by molar-refractivity contribution is 8.00. The molecular formula is C20H22N6O7S2. The number of nitrogen functional groups attached to an aromatic ring is 1. The van der Waals surface area contributed by atoms with E-state index in [0.29, 0.717) is 5.57 Å². The smallest absolute Gasteiger partial charge is 0.352 e. The third-order valence-corrected chi connectivity index (χ3v) is 6.66. The Morgan fingerprint density at radius 2 is 2.09 bits per heavy atom. The third-order valence-electron chi connectivity index (χ3n) is 4.64. The molecule has 4 rings (SSSR count). The number of hydrogen-bond donors (Lipinski definition) is 4. The van der Waals surface area contributed by atoms with Crippen molar-refractivity contribution in [3.8, 4) is 0 Å². The summed E-state index contributed by atoms with van der Waals surface area (Å²) in [6.07, 6.45) is 3.75. The molecule has 2 aromatic rings. The van der Waals surface area contributed by atoms with Crippen LogP contribution < -0.4 is 11.1 Å². The Morgan fingerprint density at radius 1 is 1.37 bits per heavy atom. The molecule has 2 atom stereocenters. The Labute approximate surface area is 207 Å². The fourth-order valence-electron chi connectivity index (χ4n) is 3.16. The van der Waals surface area contributed by atoms with E-state index in [-0.39, 0.29) is 34.6 Å². The van der Waals surface area contributed by atoms with Crippen LogP contribution in [0.2, 0.25) is 0 Å². The van der Waals surface area contributed by atoms with Crippen molar-refractivity contribution in [3.63, 3.8) is 0 Å². The maximum absolute atomic E-state index is 12.7. The summed E-state index contributed by atoms with van der Waals surface area (Å²) < 4.78 is 4.88. The summed E-state index contributed by atoms with van der Waals surface area (Å²) in [5.41, 5.74) is 5.67. The molecule has 1 fully saturated rings. The van der Waals surface area contributed by atoms with Gasteiger partial charge in [-0.2, -0.15) is 0 Å². The van der Waals surface area contributed by atoms with Gasteiger partial charge in [0.05, 0.1) is 0 Å². The number of anilines is 1. The van der Waals surface area contributed by atoms with E-state index >= 15 is 0 Å². The summed E-state index contributed by atoms with van der Waals surface area (Å²) in [7, 11) is 1.25. The van der Waals surface area contributed by atoms with Gasteiger partial charge in [-0.3, -0.25) is 19.3 Å². The second kappa shape index (κ2) is 11.5. The summed E-state index contributed by atoms with van der Waals surface area (Å²) in [5.74, 6) is -2.98. The molecule has 0 bridgehead atoms. The van der Waals surface area contributed by atoms with E-state index < -0.39 is 35.2 Å². The molecule has 35 heavy (non-hydrogen) atoms. The molecule has 4 heterocycles. The summed E-state index contributed by atoms with van der Waals surface area (Å²) >= 11 is 2.35. The van der Waals surface area contributed by atoms with Crippen molar-refractivity contribution in [2.45, 2.75) is 18.3 Å². The average molecular weight is 523 g/mol. The quantitative estimate of drug-likeness (QED) is 0.171. The van der Waals surface area contributed by atoms with Gasteiger partial charge < -0.3 is 30.7 Å². The lowest BCUT2D eigenvalue weighted by molar-refractivity contribution is -0.150. The number of ether oxygens (including phenoxy) is 1. The second-order valence-corrected chi connectivity index (χ2v) is 8.97. The summed E-state index contributed by atoms with van der Waals surface area (Å²) in [5, 5.41) is 16.9. The number of nitrogens with two attached hydrogens (primary N) is 1. The number of aliphatic carboxylic acids is 1. The zero-order valence-electron chi connectivity index (χ0n) is 18.6. The molecule has 186 valence electrons. The van der Waals surface area contributed by atoms with E-state index in [0.717, 1.165) is 16.2 Å². The highest BCUT2D eigenvalue weighted by Gasteiger charge is 2.54. The molecule has 2 aromatic heterocycles. The Balaban J connectivity index is 0.000000607. The Kier molecular flexibility index (Phi) is 8.48. The van der Waals surface area contributed by atoms with Gasteiger partial charge in [0.2, 0.25) is 0 Å². The fraction of sp³-hybridized carbons (Fsp3) is 0.300. The first-order valence-electron chi connectivity index (χ1n) is 9.99. The predicted octanol–water partition coefficient (Wildman–Crippen LogP) is 0.392. The summed E-state index contributed by atoms with van der Waals surface area (Å²) in [4.78, 5) is 60.7. The molecule has 0 aromatic carbocycles. The number of thioether (sulfide) groups is 1. The van der Waals surface area contributed by atoms with E-state index in [1.165, 1.54) is 31.2 Å². The van der Waals surface area contributed by atoms with Crippen LogP contribution in [-0.4, -0.2) is 80.3 Å². The van der Waals surface area contributed by atoms with Gasteiger partial charge in [-0.1, -0.05) is 5.16 Å². The minimum absolute atomic E-state index is 0.165. The van der Waals surface area contributed by atoms with Crippen LogP contribution in [0, 0.1) is 0 Å². The first-order chi connectivity index (χ1) is 16.7. The lowest BCUT2D eigenvalue weighted by atomic mass is 10.0. The zero-order chi connectivity index (χ0) is 25.5. The summed E-state index contributed by atoms with van der Waals surface area (Å²) in [6, 6.07) is 2.92. The number of carbonyl (C=O) groups is 4. The molecule has 0 unspecified atom stereocenters. The van der Waals surface area contributed by atoms with Crippen molar-refractivity contribution in [2.24, 2.45) is 5.16 Å². The minimum Gasteiger partial charge on any atom is -0.477 e. The number of amides is 2. The molecule has 2 aliphatic rings. The molecule has 13 nitrogen and oxygen atoms in total. The lowest BCUT2D eigenvalue weighted by Gasteiger charge is -2.49. The number of nitrogens with one attached hydrogen (secondary N) is 2. The van der Waals surface area contributed by atoms with Gasteiger partial charge in [0, 0.05) is 36.0 Å². The standard InChI is InChI=1S/C16H17N5O7S2.C4H5N/c1-6(22)28-3-7-4-29-14-10(13(24)21(14)11(7)15(25)26)19-12(23)9(20-27-2)8-5-30-16(17)18-8;1-2-4-5-3-1/h5,10,14H,3-4H2,1-2H3,(H2,17,18)(H,19,23)(H,25,26);1-5H/b20-9-;/t10-,14-;/m1./s1.